The fraction of sp³-hybridized carbons (Fsp3) is 0.737. The Hall–Kier alpha value is -0.890. The summed E-state index contributed by atoms with van der Waals surface area (Å²) in [5.74, 6) is 0. The van der Waals surface area contributed by atoms with Gasteiger partial charge in [0.15, 0.2) is 0 Å². The molecule has 1 unspecified atom stereocenters. The van der Waals surface area contributed by atoms with Crippen molar-refractivity contribution in [3.8, 4) is 0 Å². The van der Waals surface area contributed by atoms with Crippen LogP contribution in [0.15, 0.2) is 18.3 Å². The molecule has 2 heteroatoms. The van der Waals surface area contributed by atoms with E-state index in [1.807, 2.05) is 19.1 Å². The zero-order chi connectivity index (χ0) is 15.3. The summed E-state index contributed by atoms with van der Waals surface area (Å²) in [6.45, 7) is 4.30. The highest BCUT2D eigenvalue weighted by atomic mass is 16.3. The minimum absolute atomic E-state index is 0.390. The first-order chi connectivity index (χ1) is 10.2. The number of hydrogen-bond acceptors (Lipinski definition) is 2. The van der Waals surface area contributed by atoms with Crippen molar-refractivity contribution in [3.05, 3.63) is 29.6 Å². The maximum absolute atomic E-state index is 10.1. The summed E-state index contributed by atoms with van der Waals surface area (Å²) in [5, 5.41) is 10.1. The average molecular weight is 291 g/mol. The van der Waals surface area contributed by atoms with Crippen molar-refractivity contribution >= 4 is 0 Å². The summed E-state index contributed by atoms with van der Waals surface area (Å²) >= 11 is 0. The molecule has 0 aliphatic carbocycles. The molecule has 0 saturated carbocycles. The van der Waals surface area contributed by atoms with Crippen LogP contribution in [0.3, 0.4) is 0 Å². The second kappa shape index (κ2) is 11.7. The van der Waals surface area contributed by atoms with E-state index < -0.39 is 0 Å². The highest BCUT2D eigenvalue weighted by molar-refractivity contribution is 5.15. The van der Waals surface area contributed by atoms with Crippen LogP contribution in [-0.4, -0.2) is 10.1 Å². The van der Waals surface area contributed by atoms with Crippen molar-refractivity contribution in [1.82, 2.24) is 4.98 Å². The van der Waals surface area contributed by atoms with Gasteiger partial charge in [-0.05, 0) is 31.0 Å². The van der Waals surface area contributed by atoms with Crippen LogP contribution in [-0.2, 0) is 0 Å². The van der Waals surface area contributed by atoms with E-state index in [9.17, 15) is 5.11 Å². The molecule has 1 aromatic rings. The number of aryl methyl sites for hydroxylation is 1. The fourth-order valence-corrected chi connectivity index (χ4v) is 2.71. The Bertz CT molecular complexity index is 364. The molecule has 0 bridgehead atoms. The summed E-state index contributed by atoms with van der Waals surface area (Å²) < 4.78 is 0. The second-order valence-corrected chi connectivity index (χ2v) is 6.24. The van der Waals surface area contributed by atoms with Crippen LogP contribution < -0.4 is 0 Å². The topological polar surface area (TPSA) is 33.1 Å². The van der Waals surface area contributed by atoms with Gasteiger partial charge in [0, 0.05) is 6.20 Å². The first-order valence-electron chi connectivity index (χ1n) is 8.84. The molecule has 1 aromatic heterocycles. The van der Waals surface area contributed by atoms with Crippen LogP contribution in [0.4, 0.5) is 0 Å². The van der Waals surface area contributed by atoms with Crippen LogP contribution in [0.25, 0.3) is 0 Å². The smallest absolute Gasteiger partial charge is 0.0959 e. The summed E-state index contributed by atoms with van der Waals surface area (Å²) in [5.41, 5.74) is 1.99. The predicted octanol–water partition coefficient (Wildman–Crippen LogP) is 5.73. The maximum Gasteiger partial charge on any atom is 0.0959 e. The van der Waals surface area contributed by atoms with Gasteiger partial charge in [0.25, 0.3) is 0 Å². The Balaban J connectivity index is 1.96. The molecular weight excluding hydrogens is 258 g/mol. The van der Waals surface area contributed by atoms with E-state index in [1.54, 1.807) is 6.20 Å². The molecule has 21 heavy (non-hydrogen) atoms. The van der Waals surface area contributed by atoms with E-state index in [0.717, 1.165) is 18.5 Å². The Morgan fingerprint density at radius 1 is 0.952 bits per heavy atom. The number of hydrogen-bond donors (Lipinski definition) is 1. The third kappa shape index (κ3) is 8.87. The molecule has 0 amide bonds. The molecule has 0 saturated heterocycles. The van der Waals surface area contributed by atoms with Crippen LogP contribution in [0.5, 0.6) is 0 Å². The zero-order valence-electron chi connectivity index (χ0n) is 14.0. The van der Waals surface area contributed by atoms with E-state index in [-0.39, 0.29) is 6.10 Å². The van der Waals surface area contributed by atoms with Crippen LogP contribution in [0.1, 0.15) is 94.9 Å². The van der Waals surface area contributed by atoms with Gasteiger partial charge in [-0.15, -0.1) is 0 Å². The van der Waals surface area contributed by atoms with Crippen molar-refractivity contribution in [3.63, 3.8) is 0 Å². The van der Waals surface area contributed by atoms with Gasteiger partial charge < -0.3 is 5.11 Å². The van der Waals surface area contributed by atoms with Crippen molar-refractivity contribution in [2.45, 2.75) is 90.6 Å². The van der Waals surface area contributed by atoms with Crippen molar-refractivity contribution in [1.29, 1.82) is 0 Å². The number of pyridine rings is 1. The van der Waals surface area contributed by atoms with Crippen LogP contribution >= 0.6 is 0 Å². The Kier molecular flexibility index (Phi) is 10.1. The molecule has 0 aromatic carbocycles. The number of aliphatic hydroxyl groups is 1. The lowest BCUT2D eigenvalue weighted by atomic mass is 10.0. The molecule has 0 radical (unpaired) electrons. The molecule has 0 fully saturated rings. The average Bonchev–Trinajstić information content (AvgIpc) is 2.49. The highest BCUT2D eigenvalue weighted by Gasteiger charge is 2.08. The molecule has 120 valence electrons. The minimum atomic E-state index is -0.390. The normalized spacial score (nSPS) is 12.5. The first-order valence-corrected chi connectivity index (χ1v) is 8.84. The summed E-state index contributed by atoms with van der Waals surface area (Å²) in [6.07, 6.45) is 15.6. The third-order valence-corrected chi connectivity index (χ3v) is 4.11. The minimum Gasteiger partial charge on any atom is -0.387 e. The van der Waals surface area contributed by atoms with E-state index >= 15 is 0 Å². The van der Waals surface area contributed by atoms with Gasteiger partial charge in [0.1, 0.15) is 0 Å². The van der Waals surface area contributed by atoms with Gasteiger partial charge in [-0.2, -0.15) is 0 Å². The molecule has 0 aliphatic heterocycles. The number of aliphatic hydroxyl groups excluding tert-OH is 1. The number of nitrogens with zero attached hydrogens (tertiary/aromatic N) is 1. The number of unbranched alkanes of at least 4 members (excludes halogenated alkanes) is 9. The molecule has 1 heterocycles. The molecule has 2 nitrogen and oxygen atoms in total. The van der Waals surface area contributed by atoms with Gasteiger partial charge in [0.05, 0.1) is 11.8 Å². The fourth-order valence-electron chi connectivity index (χ4n) is 2.71. The van der Waals surface area contributed by atoms with Gasteiger partial charge in [-0.1, -0.05) is 71.1 Å². The Labute approximate surface area is 131 Å². The molecule has 1 rings (SSSR count). The Morgan fingerprint density at radius 2 is 1.52 bits per heavy atom. The van der Waals surface area contributed by atoms with Gasteiger partial charge >= 0.3 is 0 Å². The summed E-state index contributed by atoms with van der Waals surface area (Å²) in [7, 11) is 0. The maximum atomic E-state index is 10.1. The van der Waals surface area contributed by atoms with Crippen LogP contribution in [0, 0.1) is 6.92 Å². The number of aromatic nitrogens is 1. The molecule has 1 N–H and O–H groups in total. The molecule has 0 spiro atoms. The number of rotatable bonds is 12. The van der Waals surface area contributed by atoms with Crippen LogP contribution in [0.2, 0.25) is 0 Å². The van der Waals surface area contributed by atoms with Gasteiger partial charge in [0.2, 0.25) is 0 Å². The lowest BCUT2D eigenvalue weighted by Crippen LogP contribution is -2.00. The summed E-state index contributed by atoms with van der Waals surface area (Å²) in [6, 6.07) is 3.96. The third-order valence-electron chi connectivity index (χ3n) is 4.11. The van der Waals surface area contributed by atoms with E-state index in [4.69, 9.17) is 0 Å². The lowest BCUT2D eigenvalue weighted by Gasteiger charge is -2.10. The van der Waals surface area contributed by atoms with Crippen molar-refractivity contribution < 1.29 is 5.11 Å². The van der Waals surface area contributed by atoms with E-state index in [1.165, 1.54) is 63.4 Å². The highest BCUT2D eigenvalue weighted by Crippen LogP contribution is 2.19. The SMILES string of the molecule is CCCCCCCCCCCCC(O)c1cc(C)ccn1. The first kappa shape index (κ1) is 18.2. The summed E-state index contributed by atoms with van der Waals surface area (Å²) in [4.78, 5) is 4.25. The second-order valence-electron chi connectivity index (χ2n) is 6.24. The van der Waals surface area contributed by atoms with E-state index in [0.29, 0.717) is 0 Å². The lowest BCUT2D eigenvalue weighted by molar-refractivity contribution is 0.158. The monoisotopic (exact) mass is 291 g/mol. The largest absolute Gasteiger partial charge is 0.387 e. The van der Waals surface area contributed by atoms with Gasteiger partial charge in [-0.3, -0.25) is 4.98 Å². The van der Waals surface area contributed by atoms with E-state index in [2.05, 4.69) is 11.9 Å². The van der Waals surface area contributed by atoms with Gasteiger partial charge in [-0.25, -0.2) is 0 Å². The molecule has 1 atom stereocenters. The predicted molar refractivity (Wildman–Crippen MR) is 90.4 cm³/mol. The zero-order valence-corrected chi connectivity index (χ0v) is 14.0. The standard InChI is InChI=1S/C19H33NO/c1-3-4-5-6-7-8-9-10-11-12-13-19(21)18-16-17(2)14-15-20-18/h14-16,19,21H,3-13H2,1-2H3. The Morgan fingerprint density at radius 3 is 2.10 bits per heavy atom. The molecule has 0 aliphatic rings. The molecular formula is C19H33NO. The van der Waals surface area contributed by atoms with Crippen molar-refractivity contribution in [2.75, 3.05) is 0 Å². The quantitative estimate of drug-likeness (QED) is 0.498. The van der Waals surface area contributed by atoms with Crippen molar-refractivity contribution in [2.24, 2.45) is 0 Å².